The predicted octanol–water partition coefficient (Wildman–Crippen LogP) is 2.52. The van der Waals surface area contributed by atoms with E-state index in [1.165, 1.54) is 10.4 Å². The van der Waals surface area contributed by atoms with Crippen LogP contribution in [0.3, 0.4) is 0 Å². The van der Waals surface area contributed by atoms with Crippen molar-refractivity contribution in [2.45, 2.75) is 13.5 Å². The Morgan fingerprint density at radius 1 is 1.47 bits per heavy atom. The molecule has 0 fully saturated rings. The first-order valence-electron chi connectivity index (χ1n) is 5.14. The van der Waals surface area contributed by atoms with Gasteiger partial charge in [-0.15, -0.1) is 11.3 Å². The van der Waals surface area contributed by atoms with E-state index in [9.17, 15) is 0 Å². The molecule has 0 saturated carbocycles. The first-order chi connectivity index (χ1) is 8.20. The van der Waals surface area contributed by atoms with E-state index in [-0.39, 0.29) is 5.69 Å². The zero-order valence-electron chi connectivity index (χ0n) is 9.40. The van der Waals surface area contributed by atoms with Crippen molar-refractivity contribution < 1.29 is 0 Å². The van der Waals surface area contributed by atoms with Gasteiger partial charge in [0.05, 0.1) is 12.2 Å². The van der Waals surface area contributed by atoms with E-state index in [2.05, 4.69) is 28.7 Å². The third-order valence-electron chi connectivity index (χ3n) is 2.43. The monoisotopic (exact) mass is 244 g/mol. The Morgan fingerprint density at radius 3 is 2.94 bits per heavy atom. The van der Waals surface area contributed by atoms with Crippen LogP contribution in [0.4, 0.5) is 11.5 Å². The van der Waals surface area contributed by atoms with Crippen molar-refractivity contribution in [1.82, 2.24) is 4.98 Å². The third-order valence-corrected chi connectivity index (χ3v) is 3.45. The number of nitriles is 1. The fourth-order valence-corrected chi connectivity index (χ4v) is 2.26. The first-order valence-corrected chi connectivity index (χ1v) is 6.02. The lowest BCUT2D eigenvalue weighted by molar-refractivity contribution is 1.12. The second-order valence-corrected chi connectivity index (χ2v) is 4.63. The van der Waals surface area contributed by atoms with Crippen LogP contribution in [0, 0.1) is 18.3 Å². The molecular formula is C12H12N4S. The average Bonchev–Trinajstić information content (AvgIpc) is 2.74. The van der Waals surface area contributed by atoms with Gasteiger partial charge >= 0.3 is 0 Å². The molecule has 4 nitrogen and oxygen atoms in total. The average molecular weight is 244 g/mol. The fraction of sp³-hybridized carbons (Fsp3) is 0.167. The number of nitrogens with zero attached hydrogens (tertiary/aromatic N) is 2. The maximum Gasteiger partial charge on any atom is 0.165 e. The van der Waals surface area contributed by atoms with Crippen molar-refractivity contribution in [3.63, 3.8) is 0 Å². The summed E-state index contributed by atoms with van der Waals surface area (Å²) in [5.41, 5.74) is 7.54. The normalized spacial score (nSPS) is 9.88. The van der Waals surface area contributed by atoms with Gasteiger partial charge in [-0.25, -0.2) is 4.98 Å². The summed E-state index contributed by atoms with van der Waals surface area (Å²) in [6.45, 7) is 2.79. The Labute approximate surface area is 104 Å². The van der Waals surface area contributed by atoms with E-state index in [1.807, 2.05) is 6.07 Å². The van der Waals surface area contributed by atoms with E-state index in [4.69, 9.17) is 11.0 Å². The molecule has 0 aliphatic rings. The number of nitrogen functional groups attached to an aromatic ring is 1. The molecule has 2 rings (SSSR count). The molecule has 0 unspecified atom stereocenters. The maximum atomic E-state index is 8.82. The molecule has 0 bridgehead atoms. The molecule has 86 valence electrons. The van der Waals surface area contributed by atoms with Crippen molar-refractivity contribution >= 4 is 22.8 Å². The Balaban J connectivity index is 2.10. The second-order valence-electron chi connectivity index (χ2n) is 3.63. The van der Waals surface area contributed by atoms with Crippen LogP contribution in [0.15, 0.2) is 23.6 Å². The van der Waals surface area contributed by atoms with Crippen LogP contribution < -0.4 is 11.1 Å². The van der Waals surface area contributed by atoms with E-state index < -0.39 is 0 Å². The molecular weight excluding hydrogens is 232 g/mol. The van der Waals surface area contributed by atoms with Crippen molar-refractivity contribution in [1.29, 1.82) is 5.26 Å². The zero-order chi connectivity index (χ0) is 12.3. The summed E-state index contributed by atoms with van der Waals surface area (Å²) in [4.78, 5) is 5.39. The summed E-state index contributed by atoms with van der Waals surface area (Å²) in [5, 5.41) is 14.1. The first kappa shape index (κ1) is 11.4. The number of thiophene rings is 1. The predicted molar refractivity (Wildman–Crippen MR) is 69.7 cm³/mol. The quantitative estimate of drug-likeness (QED) is 0.870. The summed E-state index contributed by atoms with van der Waals surface area (Å²) < 4.78 is 0. The number of aryl methyl sites for hydroxylation is 1. The van der Waals surface area contributed by atoms with Crippen LogP contribution in [-0.2, 0) is 6.54 Å². The van der Waals surface area contributed by atoms with Gasteiger partial charge in [-0.3, -0.25) is 0 Å². The van der Waals surface area contributed by atoms with E-state index in [0.29, 0.717) is 18.1 Å². The second kappa shape index (κ2) is 4.85. The molecule has 3 N–H and O–H groups in total. The van der Waals surface area contributed by atoms with Gasteiger partial charge in [0, 0.05) is 4.88 Å². The van der Waals surface area contributed by atoms with Crippen molar-refractivity contribution in [2.24, 2.45) is 0 Å². The molecule has 5 heteroatoms. The highest BCUT2D eigenvalue weighted by Gasteiger charge is 2.03. The highest BCUT2D eigenvalue weighted by Crippen LogP contribution is 2.18. The van der Waals surface area contributed by atoms with Gasteiger partial charge in [0.2, 0.25) is 0 Å². The summed E-state index contributed by atoms with van der Waals surface area (Å²) in [7, 11) is 0. The number of rotatable bonds is 3. The number of anilines is 2. The molecule has 0 aromatic carbocycles. The Hall–Kier alpha value is -2.06. The summed E-state index contributed by atoms with van der Waals surface area (Å²) >= 11 is 1.70. The highest BCUT2D eigenvalue weighted by molar-refractivity contribution is 7.10. The fourth-order valence-electron chi connectivity index (χ4n) is 1.41. The number of nitrogens with one attached hydrogen (secondary N) is 1. The summed E-state index contributed by atoms with van der Waals surface area (Å²) in [5.74, 6) is 0.670. The smallest absolute Gasteiger partial charge is 0.165 e. The topological polar surface area (TPSA) is 74.7 Å². The van der Waals surface area contributed by atoms with Gasteiger partial charge in [0.25, 0.3) is 0 Å². The highest BCUT2D eigenvalue weighted by atomic mass is 32.1. The minimum absolute atomic E-state index is 0.262. The Bertz CT molecular complexity index is 568. The van der Waals surface area contributed by atoms with E-state index in [0.717, 1.165) is 0 Å². The van der Waals surface area contributed by atoms with Crippen LogP contribution in [0.5, 0.6) is 0 Å². The molecule has 0 amide bonds. The summed E-state index contributed by atoms with van der Waals surface area (Å²) in [6, 6.07) is 7.52. The lowest BCUT2D eigenvalue weighted by atomic mass is 10.3. The molecule has 2 aromatic heterocycles. The van der Waals surface area contributed by atoms with Gasteiger partial charge < -0.3 is 11.1 Å². The molecule has 0 radical (unpaired) electrons. The maximum absolute atomic E-state index is 8.82. The van der Waals surface area contributed by atoms with Gasteiger partial charge in [-0.1, -0.05) is 0 Å². The number of hydrogen-bond acceptors (Lipinski definition) is 5. The molecule has 0 saturated heterocycles. The van der Waals surface area contributed by atoms with Gasteiger partial charge in [-0.2, -0.15) is 5.26 Å². The van der Waals surface area contributed by atoms with Gasteiger partial charge in [-0.05, 0) is 36.1 Å². The third kappa shape index (κ3) is 2.55. The zero-order valence-corrected chi connectivity index (χ0v) is 10.2. The van der Waals surface area contributed by atoms with Crippen LogP contribution in [-0.4, -0.2) is 4.98 Å². The lowest BCUT2D eigenvalue weighted by Gasteiger charge is -2.06. The number of aromatic nitrogens is 1. The molecule has 0 aliphatic carbocycles. The van der Waals surface area contributed by atoms with Crippen LogP contribution in [0.25, 0.3) is 0 Å². The van der Waals surface area contributed by atoms with Crippen molar-refractivity contribution in [2.75, 3.05) is 11.1 Å². The molecule has 0 aliphatic heterocycles. The Morgan fingerprint density at radius 2 is 2.29 bits per heavy atom. The molecule has 17 heavy (non-hydrogen) atoms. The standard InChI is InChI=1S/C12H12N4S/c1-8-4-5-17-11(8)7-15-12-3-2-9(14)10(6-13)16-12/h2-5H,7,14H2,1H3,(H,15,16). The number of hydrogen-bond donors (Lipinski definition) is 2. The van der Waals surface area contributed by atoms with Gasteiger partial charge in [0.15, 0.2) is 5.69 Å². The van der Waals surface area contributed by atoms with Crippen molar-refractivity contribution in [3.8, 4) is 6.07 Å². The van der Waals surface area contributed by atoms with Crippen LogP contribution >= 0.6 is 11.3 Å². The van der Waals surface area contributed by atoms with Crippen LogP contribution in [0.1, 0.15) is 16.1 Å². The largest absolute Gasteiger partial charge is 0.396 e. The van der Waals surface area contributed by atoms with E-state index in [1.54, 1.807) is 23.5 Å². The van der Waals surface area contributed by atoms with Crippen LogP contribution in [0.2, 0.25) is 0 Å². The molecule has 0 spiro atoms. The van der Waals surface area contributed by atoms with E-state index >= 15 is 0 Å². The number of pyridine rings is 1. The van der Waals surface area contributed by atoms with Crippen molar-refractivity contribution in [3.05, 3.63) is 39.7 Å². The molecule has 2 heterocycles. The summed E-state index contributed by atoms with van der Waals surface area (Å²) in [6.07, 6.45) is 0. The minimum atomic E-state index is 0.262. The molecule has 2 aromatic rings. The lowest BCUT2D eigenvalue weighted by Crippen LogP contribution is -2.03. The molecule has 0 atom stereocenters. The number of nitrogens with two attached hydrogens (primary N) is 1. The minimum Gasteiger partial charge on any atom is -0.396 e. The Kier molecular flexibility index (Phi) is 3.26. The SMILES string of the molecule is Cc1ccsc1CNc1ccc(N)c(C#N)n1. The van der Waals surface area contributed by atoms with Gasteiger partial charge in [0.1, 0.15) is 11.9 Å².